The molecule has 0 heterocycles. The number of ether oxygens (including phenoxy) is 1. The molecule has 0 fully saturated rings. The molecule has 0 aromatic rings. The van der Waals surface area contributed by atoms with E-state index >= 15 is 0 Å². The van der Waals surface area contributed by atoms with Crippen LogP contribution in [-0.4, -0.2) is 41.6 Å². The number of carboxylic acids is 1. The van der Waals surface area contributed by atoms with Crippen molar-refractivity contribution in [3.63, 3.8) is 0 Å². The van der Waals surface area contributed by atoms with Crippen molar-refractivity contribution in [2.45, 2.75) is 51.6 Å². The first-order valence-corrected chi connectivity index (χ1v) is 6.30. The molecule has 0 aliphatic heterocycles. The van der Waals surface area contributed by atoms with E-state index in [0.29, 0.717) is 6.42 Å². The lowest BCUT2D eigenvalue weighted by Crippen LogP contribution is -2.46. The Hall–Kier alpha value is -1.63. The zero-order valence-corrected chi connectivity index (χ0v) is 11.3. The van der Waals surface area contributed by atoms with Gasteiger partial charge in [0, 0.05) is 6.42 Å². The molecule has 0 saturated carbocycles. The number of nitrogens with one attached hydrogen (secondary N) is 1. The van der Waals surface area contributed by atoms with Crippen molar-refractivity contribution >= 4 is 17.8 Å². The fourth-order valence-electron chi connectivity index (χ4n) is 1.28. The quantitative estimate of drug-likeness (QED) is 0.510. The molecule has 4 N–H and O–H groups in total. The maximum Gasteiger partial charge on any atom is 0.305 e. The maximum absolute atomic E-state index is 11.5. The minimum atomic E-state index is -1.14. The first kappa shape index (κ1) is 17.4. The molecule has 0 aliphatic carbocycles. The molecule has 0 aliphatic rings. The molecule has 0 spiro atoms. The Balaban J connectivity index is 3.90. The van der Waals surface area contributed by atoms with Crippen LogP contribution in [0.5, 0.6) is 0 Å². The van der Waals surface area contributed by atoms with Gasteiger partial charge in [0.2, 0.25) is 5.91 Å². The summed E-state index contributed by atoms with van der Waals surface area (Å²) >= 11 is 0. The highest BCUT2D eigenvalue weighted by Gasteiger charge is 2.19. The van der Waals surface area contributed by atoms with E-state index in [9.17, 15) is 14.4 Å². The number of carbonyl (C=O) groups is 3. The fourth-order valence-corrected chi connectivity index (χ4v) is 1.28. The number of aliphatic carboxylic acids is 1. The van der Waals surface area contributed by atoms with Gasteiger partial charge in [0.1, 0.15) is 6.61 Å². The smallest absolute Gasteiger partial charge is 0.305 e. The molecule has 7 nitrogen and oxygen atoms in total. The summed E-state index contributed by atoms with van der Waals surface area (Å²) in [4.78, 5) is 33.1. The monoisotopic (exact) mass is 274 g/mol. The lowest BCUT2D eigenvalue weighted by atomic mass is 10.2. The van der Waals surface area contributed by atoms with Crippen LogP contribution in [0.1, 0.15) is 39.5 Å². The van der Waals surface area contributed by atoms with Gasteiger partial charge in [-0.15, -0.1) is 0 Å². The summed E-state index contributed by atoms with van der Waals surface area (Å²) in [5.74, 6) is -2.02. The van der Waals surface area contributed by atoms with E-state index < -0.39 is 30.4 Å². The van der Waals surface area contributed by atoms with E-state index in [0.717, 1.165) is 12.8 Å². The van der Waals surface area contributed by atoms with Gasteiger partial charge in [0.05, 0.1) is 18.5 Å². The Bertz CT molecular complexity index is 319. The number of nitrogens with two attached hydrogens (primary N) is 1. The predicted molar refractivity (Wildman–Crippen MR) is 68.3 cm³/mol. The van der Waals surface area contributed by atoms with E-state index in [2.05, 4.69) is 5.32 Å². The van der Waals surface area contributed by atoms with Crippen molar-refractivity contribution in [1.82, 2.24) is 5.32 Å². The summed E-state index contributed by atoms with van der Waals surface area (Å²) < 4.78 is 4.96. The van der Waals surface area contributed by atoms with Crippen LogP contribution in [0.15, 0.2) is 0 Å². The zero-order chi connectivity index (χ0) is 14.8. The SMILES string of the molecule is CCCCC(=O)OC[C@H](C)NC(=O)[C@H](N)CC(=O)O. The van der Waals surface area contributed by atoms with E-state index in [-0.39, 0.29) is 12.6 Å². The molecule has 1 amide bonds. The highest BCUT2D eigenvalue weighted by atomic mass is 16.5. The third-order valence-electron chi connectivity index (χ3n) is 2.35. The van der Waals surface area contributed by atoms with Gasteiger partial charge in [-0.1, -0.05) is 13.3 Å². The summed E-state index contributed by atoms with van der Waals surface area (Å²) in [6, 6.07) is -1.51. The number of hydrogen-bond acceptors (Lipinski definition) is 5. The van der Waals surface area contributed by atoms with Gasteiger partial charge < -0.3 is 20.9 Å². The Morgan fingerprint density at radius 3 is 2.53 bits per heavy atom. The maximum atomic E-state index is 11.5. The van der Waals surface area contributed by atoms with Crippen molar-refractivity contribution in [1.29, 1.82) is 0 Å². The van der Waals surface area contributed by atoms with Crippen molar-refractivity contribution < 1.29 is 24.2 Å². The predicted octanol–water partition coefficient (Wildman–Crippen LogP) is 0.0265. The Morgan fingerprint density at radius 1 is 1.37 bits per heavy atom. The second kappa shape index (κ2) is 9.32. The molecule has 0 unspecified atom stereocenters. The Morgan fingerprint density at radius 2 is 2.00 bits per heavy atom. The van der Waals surface area contributed by atoms with Gasteiger partial charge in [-0.25, -0.2) is 0 Å². The van der Waals surface area contributed by atoms with Crippen molar-refractivity contribution in [2.75, 3.05) is 6.61 Å². The van der Waals surface area contributed by atoms with Crippen LogP contribution in [0.4, 0.5) is 0 Å². The molecule has 0 aromatic carbocycles. The molecular formula is C12H22N2O5. The van der Waals surface area contributed by atoms with Crippen LogP contribution < -0.4 is 11.1 Å². The number of hydrogen-bond donors (Lipinski definition) is 3. The van der Waals surface area contributed by atoms with E-state index in [1.54, 1.807) is 6.92 Å². The Labute approximate surface area is 112 Å². The third kappa shape index (κ3) is 9.01. The second-order valence-corrected chi connectivity index (χ2v) is 4.40. The van der Waals surface area contributed by atoms with Gasteiger partial charge in [0.25, 0.3) is 0 Å². The minimum absolute atomic E-state index is 0.0497. The first-order valence-electron chi connectivity index (χ1n) is 6.30. The second-order valence-electron chi connectivity index (χ2n) is 4.40. The van der Waals surface area contributed by atoms with Gasteiger partial charge >= 0.3 is 11.9 Å². The van der Waals surface area contributed by atoms with Gasteiger partial charge in [-0.05, 0) is 13.3 Å². The van der Waals surface area contributed by atoms with Gasteiger partial charge in [0.15, 0.2) is 0 Å². The van der Waals surface area contributed by atoms with Crippen molar-refractivity contribution in [3.05, 3.63) is 0 Å². The van der Waals surface area contributed by atoms with Crippen LogP contribution in [0.2, 0.25) is 0 Å². The topological polar surface area (TPSA) is 119 Å². The molecule has 0 saturated heterocycles. The summed E-state index contributed by atoms with van der Waals surface area (Å²) in [5.41, 5.74) is 5.39. The van der Waals surface area contributed by atoms with Crippen LogP contribution in [-0.2, 0) is 19.1 Å². The number of carbonyl (C=O) groups excluding carboxylic acids is 2. The van der Waals surface area contributed by atoms with E-state index in [1.165, 1.54) is 0 Å². The first-order chi connectivity index (χ1) is 8.86. The number of unbranched alkanes of at least 4 members (excludes halogenated alkanes) is 1. The molecular weight excluding hydrogens is 252 g/mol. The van der Waals surface area contributed by atoms with Crippen molar-refractivity contribution in [3.8, 4) is 0 Å². The van der Waals surface area contributed by atoms with Crippen LogP contribution in [0.25, 0.3) is 0 Å². The normalized spacial score (nSPS) is 13.4. The largest absolute Gasteiger partial charge is 0.481 e. The van der Waals surface area contributed by atoms with Crippen LogP contribution >= 0.6 is 0 Å². The van der Waals surface area contributed by atoms with Crippen LogP contribution in [0.3, 0.4) is 0 Å². The molecule has 110 valence electrons. The number of rotatable bonds is 9. The van der Waals surface area contributed by atoms with E-state index in [1.807, 2.05) is 6.92 Å². The van der Waals surface area contributed by atoms with Crippen molar-refractivity contribution in [2.24, 2.45) is 5.73 Å². The summed E-state index contributed by atoms with van der Waals surface area (Å²) in [7, 11) is 0. The molecule has 0 aromatic heterocycles. The number of amides is 1. The molecule has 2 atom stereocenters. The minimum Gasteiger partial charge on any atom is -0.481 e. The van der Waals surface area contributed by atoms with Gasteiger partial charge in [-0.3, -0.25) is 14.4 Å². The molecule has 19 heavy (non-hydrogen) atoms. The average molecular weight is 274 g/mol. The molecule has 0 rings (SSSR count). The summed E-state index contributed by atoms with van der Waals surface area (Å²) in [6.07, 6.45) is 1.60. The lowest BCUT2D eigenvalue weighted by molar-refractivity contribution is -0.145. The van der Waals surface area contributed by atoms with Crippen LogP contribution in [0, 0.1) is 0 Å². The molecule has 0 radical (unpaired) electrons. The van der Waals surface area contributed by atoms with Gasteiger partial charge in [-0.2, -0.15) is 0 Å². The number of carboxylic acid groups (broad SMARTS) is 1. The third-order valence-corrected chi connectivity index (χ3v) is 2.35. The fraction of sp³-hybridized carbons (Fsp3) is 0.750. The lowest BCUT2D eigenvalue weighted by Gasteiger charge is -2.16. The Kier molecular flexibility index (Phi) is 8.52. The zero-order valence-electron chi connectivity index (χ0n) is 11.3. The summed E-state index contributed by atoms with van der Waals surface area (Å²) in [5, 5.41) is 11.0. The highest BCUT2D eigenvalue weighted by molar-refractivity contribution is 5.86. The standard InChI is InChI=1S/C12H22N2O5/c1-3-4-5-11(17)19-7-8(2)14-12(18)9(13)6-10(15)16/h8-9H,3-7,13H2,1-2H3,(H,14,18)(H,15,16)/t8-,9+/m0/s1. The highest BCUT2D eigenvalue weighted by Crippen LogP contribution is 1.98. The molecule has 0 bridgehead atoms. The molecule has 7 heteroatoms. The number of esters is 1. The summed E-state index contributed by atoms with van der Waals surface area (Å²) in [6.45, 7) is 3.67. The average Bonchev–Trinajstić information content (AvgIpc) is 2.32. The van der Waals surface area contributed by atoms with E-state index in [4.69, 9.17) is 15.6 Å².